The molecule has 13 atom stereocenters. The lowest BCUT2D eigenvalue weighted by Gasteiger charge is -2.52. The smallest absolute Gasteiger partial charge is 0.000649 e. The molecule has 0 aromatic carbocycles. The Kier molecular flexibility index (Phi) is 26.5. The molecular formula is H24P24-2. The van der Waals surface area contributed by atoms with Gasteiger partial charge in [0.25, 0.3) is 0 Å². The fourth-order valence-corrected chi connectivity index (χ4v) is 287. The van der Waals surface area contributed by atoms with Crippen molar-refractivity contribution < 1.29 is 0 Å². The van der Waals surface area contributed by atoms with Crippen LogP contribution in [0.2, 0.25) is 0 Å². The molecule has 0 bridgehead atoms. The first-order valence-corrected chi connectivity index (χ1v) is 47.6. The van der Waals surface area contributed by atoms with E-state index in [0.717, 1.165) is 0 Å². The summed E-state index contributed by atoms with van der Waals surface area (Å²) < 4.78 is 0. The maximum Gasteiger partial charge on any atom is -0.000649 e. The Balaban J connectivity index is 6.24. The van der Waals surface area contributed by atoms with Crippen molar-refractivity contribution in [2.24, 2.45) is 0 Å². The summed E-state index contributed by atoms with van der Waals surface area (Å²) in [5.74, 6) is 0. The van der Waals surface area contributed by atoms with Crippen molar-refractivity contribution in [3.63, 3.8) is 0 Å². The van der Waals surface area contributed by atoms with Crippen LogP contribution in [-0.4, -0.2) is 0 Å². The predicted molar refractivity (Wildman–Crippen MR) is 200 cm³/mol. The van der Waals surface area contributed by atoms with Crippen molar-refractivity contribution in [3.8, 4) is 0 Å². The van der Waals surface area contributed by atoms with Gasteiger partial charge in [-0.2, -0.15) is 0 Å². The van der Waals surface area contributed by atoms with Crippen molar-refractivity contribution in [3.05, 3.63) is 0 Å². The summed E-state index contributed by atoms with van der Waals surface area (Å²) in [7, 11) is 43.2. The van der Waals surface area contributed by atoms with Gasteiger partial charge in [-0.3, -0.25) is 0 Å². The van der Waals surface area contributed by atoms with Crippen LogP contribution in [0.3, 0.4) is 0 Å². The topological polar surface area (TPSA) is 0 Å². The van der Waals surface area contributed by atoms with Crippen LogP contribution in [0.1, 0.15) is 0 Å². The van der Waals surface area contributed by atoms with Crippen LogP contribution in [0, 0.1) is 0 Å². The van der Waals surface area contributed by atoms with Crippen molar-refractivity contribution in [2.75, 3.05) is 0 Å². The third-order valence-electron chi connectivity index (χ3n) is 1.90. The molecule has 146 valence electrons. The fourth-order valence-electron chi connectivity index (χ4n) is 1.18. The minimum Gasteiger partial charge on any atom is -0.553 e. The summed E-state index contributed by atoms with van der Waals surface area (Å²) in [5.41, 5.74) is 0. The van der Waals surface area contributed by atoms with E-state index >= 15 is 0 Å². The minimum absolute atomic E-state index is 0.0274. The van der Waals surface area contributed by atoms with Gasteiger partial charge in [0.2, 0.25) is 0 Å². The third-order valence-corrected chi connectivity index (χ3v) is 154. The molecular weight excluding hydrogens is 743 g/mol. The van der Waals surface area contributed by atoms with E-state index in [-0.39, 0.29) is 76.9 Å². The lowest BCUT2D eigenvalue weighted by molar-refractivity contribution is 4.46. The summed E-state index contributed by atoms with van der Waals surface area (Å²) in [6, 6.07) is 0. The van der Waals surface area contributed by atoms with Gasteiger partial charge in [-0.25, -0.2) is 0 Å². The number of rotatable bonds is 10. The molecule has 0 saturated heterocycles. The number of hydrogen-bond donors (Lipinski definition) is 0. The fraction of sp³-hybridized carbons (Fsp3) is 0. The molecule has 24 heavy (non-hydrogen) atoms. The van der Waals surface area contributed by atoms with Gasteiger partial charge in [-0.05, 0) is 62.9 Å². The molecule has 0 aliphatic carbocycles. The molecule has 0 aromatic heterocycles. The van der Waals surface area contributed by atoms with Gasteiger partial charge in [0.1, 0.15) is 0 Å². The van der Waals surface area contributed by atoms with E-state index in [2.05, 4.69) is 116 Å². The zero-order valence-corrected chi connectivity index (χ0v) is 36.8. The standard InChI is InChI=1S/H24P24/c1-14(2)20(13)23(19(11)12)24(21(15(3)4)16(5)6)22(17(7)8)18(9)10/h1-2H,3-13H2/q-2. The molecule has 0 rings (SSSR count). The van der Waals surface area contributed by atoms with Gasteiger partial charge >= 0.3 is 0 Å². The monoisotopic (exact) mass is 768 g/mol. The van der Waals surface area contributed by atoms with E-state index in [4.69, 9.17) is 0 Å². The molecule has 0 amide bonds. The number of hydrogen-bond acceptors (Lipinski definition) is 0. The third kappa shape index (κ3) is 12.5. The largest absolute Gasteiger partial charge is 0.553 e. The second-order valence-electron chi connectivity index (χ2n) is 3.61. The molecule has 0 spiro atoms. The second-order valence-corrected chi connectivity index (χ2v) is 97.3. The second kappa shape index (κ2) is 18.5. The molecule has 0 fully saturated rings. The van der Waals surface area contributed by atoms with Gasteiger partial charge in [0.05, 0.1) is 0 Å². The SMILES string of the molecule is [PH-]P([PH-])P(P)P(P(P)P)P(P(P(P)P)P(P)P)P(P(P)P)P(P)P. The van der Waals surface area contributed by atoms with E-state index in [1.807, 2.05) is 0 Å². The summed E-state index contributed by atoms with van der Waals surface area (Å²) in [4.78, 5) is 0. The van der Waals surface area contributed by atoms with E-state index in [1.165, 1.54) is 0 Å². The summed E-state index contributed by atoms with van der Waals surface area (Å²) in [6.45, 7) is -0.196. The van der Waals surface area contributed by atoms with Crippen molar-refractivity contribution >= 4 is 193 Å². The van der Waals surface area contributed by atoms with E-state index < -0.39 is 0 Å². The Morgan fingerprint density at radius 3 is 0.792 bits per heavy atom. The van der Waals surface area contributed by atoms with Crippen LogP contribution in [0.5, 0.6) is 0 Å². The van der Waals surface area contributed by atoms with Gasteiger partial charge in [-0.1, -0.05) is 6.99 Å². The Bertz CT molecular complexity index is 285. The molecule has 24 heteroatoms. The van der Waals surface area contributed by atoms with Crippen LogP contribution in [-0.2, 0) is 0 Å². The molecule has 0 aliphatic rings. The maximum absolute atomic E-state index is 3.98. The Hall–Kier alpha value is 10.3. The van der Waals surface area contributed by atoms with E-state index in [1.54, 1.807) is 0 Å². The highest BCUT2D eigenvalue weighted by molar-refractivity contribution is 9.39. The first-order valence-electron chi connectivity index (χ1n) is 5.29. The van der Waals surface area contributed by atoms with Crippen molar-refractivity contribution in [2.45, 2.75) is 0 Å². The normalized spacial score (nSPS) is 16.2. The zero-order valence-electron chi connectivity index (χ0n) is 12.3. The molecule has 0 aromatic rings. The predicted octanol–water partition coefficient (Wildman–Crippen LogP) is 14.2. The minimum atomic E-state index is -0.224. The first-order chi connectivity index (χ1) is 10.8. The van der Waals surface area contributed by atoms with Crippen LogP contribution < -0.4 is 0 Å². The molecule has 0 aliphatic heterocycles. The summed E-state index contributed by atoms with van der Waals surface area (Å²) >= 11 is 0. The van der Waals surface area contributed by atoms with Crippen molar-refractivity contribution in [1.82, 2.24) is 0 Å². The highest BCUT2D eigenvalue weighted by Gasteiger charge is 2.44. The molecule has 13 unspecified atom stereocenters. The average molecular weight is 768 g/mol. The molecule has 0 nitrogen and oxygen atoms in total. The quantitative estimate of drug-likeness (QED) is 0.194. The Morgan fingerprint density at radius 1 is 0.375 bits per heavy atom. The lowest BCUT2D eigenvalue weighted by atomic mass is 28.5. The average Bonchev–Trinajstić information content (AvgIpc) is 2.35. The van der Waals surface area contributed by atoms with Crippen molar-refractivity contribution in [1.29, 1.82) is 0 Å². The van der Waals surface area contributed by atoms with Gasteiger partial charge < -0.3 is 24.8 Å². The maximum atomic E-state index is 3.98. The van der Waals surface area contributed by atoms with Gasteiger partial charge in [0, 0.05) is 0 Å². The van der Waals surface area contributed by atoms with Gasteiger partial charge in [0.15, 0.2) is 0 Å². The van der Waals surface area contributed by atoms with Crippen LogP contribution >= 0.6 is 193 Å². The van der Waals surface area contributed by atoms with E-state index in [9.17, 15) is 0 Å². The molecule has 0 radical (unpaired) electrons. The Morgan fingerprint density at radius 2 is 0.625 bits per heavy atom. The Labute approximate surface area is 191 Å². The van der Waals surface area contributed by atoms with Crippen LogP contribution in [0.4, 0.5) is 0 Å². The van der Waals surface area contributed by atoms with E-state index in [0.29, 0.717) is 0 Å². The molecule has 0 saturated carbocycles. The van der Waals surface area contributed by atoms with Gasteiger partial charge in [-0.15, -0.1) is 98.2 Å². The highest BCUT2D eigenvalue weighted by atomic mass is 33.4. The highest BCUT2D eigenvalue weighted by Crippen LogP contribution is 3.34. The first kappa shape index (κ1) is 34.3. The van der Waals surface area contributed by atoms with Crippen LogP contribution in [0.15, 0.2) is 0 Å². The van der Waals surface area contributed by atoms with Crippen LogP contribution in [0.25, 0.3) is 0 Å². The zero-order chi connectivity index (χ0) is 19.4. The summed E-state index contributed by atoms with van der Waals surface area (Å²) in [5, 5.41) is 0. The lowest BCUT2D eigenvalue weighted by Crippen LogP contribution is -1.60. The molecule has 0 N–H and O–H groups in total. The summed E-state index contributed by atoms with van der Waals surface area (Å²) in [6.07, 6.45) is 0. The molecule has 0 heterocycles.